The smallest absolute Gasteiger partial charge is 0.228 e. The molecule has 0 amide bonds. The van der Waals surface area contributed by atoms with Gasteiger partial charge >= 0.3 is 0 Å². The van der Waals surface area contributed by atoms with Crippen LogP contribution in [0.1, 0.15) is 81.6 Å². The van der Waals surface area contributed by atoms with Gasteiger partial charge in [0.1, 0.15) is 0 Å². The number of rotatable bonds is 8. The van der Waals surface area contributed by atoms with Crippen LogP contribution in [0.15, 0.2) is 0 Å². The van der Waals surface area contributed by atoms with Crippen LogP contribution in [0.3, 0.4) is 0 Å². The summed E-state index contributed by atoms with van der Waals surface area (Å²) in [5, 5.41) is 0. The normalized spacial score (nSPS) is 15.4. The molecule has 0 rings (SSSR count). The van der Waals surface area contributed by atoms with E-state index in [1.54, 1.807) is 0 Å². The molecule has 20 heavy (non-hydrogen) atoms. The van der Waals surface area contributed by atoms with Crippen LogP contribution < -0.4 is 0 Å². The molecule has 1 atom stereocenters. The molecule has 4 nitrogen and oxygen atoms in total. The molecule has 0 aliphatic heterocycles. The Hall–Kier alpha value is -0.160. The Labute approximate surface area is 125 Å². The monoisotopic (exact) mass is 290 g/mol. The van der Waals surface area contributed by atoms with Crippen molar-refractivity contribution in [3.63, 3.8) is 0 Å². The van der Waals surface area contributed by atoms with Crippen molar-refractivity contribution in [1.29, 1.82) is 0 Å². The van der Waals surface area contributed by atoms with Crippen LogP contribution in [0.2, 0.25) is 0 Å². The Kier molecular flexibility index (Phi) is 7.67. The molecule has 0 heterocycles. The first-order valence-electron chi connectivity index (χ1n) is 7.63. The maximum Gasteiger partial charge on any atom is 0.233 e. The molecule has 0 aromatic rings. The van der Waals surface area contributed by atoms with Gasteiger partial charge in [0.2, 0.25) is 5.79 Å². The molecule has 0 N–H and O–H groups in total. The van der Waals surface area contributed by atoms with Gasteiger partial charge in [-0.05, 0) is 54.9 Å². The lowest BCUT2D eigenvalue weighted by molar-refractivity contribution is -0.546. The van der Waals surface area contributed by atoms with E-state index in [1.807, 2.05) is 48.5 Å². The molecule has 0 bridgehead atoms. The first-order valence-corrected chi connectivity index (χ1v) is 7.63. The first-order chi connectivity index (χ1) is 8.90. The van der Waals surface area contributed by atoms with E-state index in [0.717, 1.165) is 19.3 Å². The molecule has 0 aliphatic carbocycles. The zero-order valence-electron chi connectivity index (χ0n) is 14.8. The summed E-state index contributed by atoms with van der Waals surface area (Å²) in [7, 11) is 0. The zero-order chi connectivity index (χ0) is 16.0. The van der Waals surface area contributed by atoms with Gasteiger partial charge in [0.25, 0.3) is 0 Å². The lowest BCUT2D eigenvalue weighted by Crippen LogP contribution is -2.43. The molecule has 0 aromatic heterocycles. The van der Waals surface area contributed by atoms with Crippen molar-refractivity contribution < 1.29 is 19.6 Å². The highest BCUT2D eigenvalue weighted by Gasteiger charge is 2.38. The van der Waals surface area contributed by atoms with Gasteiger partial charge in [-0.1, -0.05) is 26.7 Å². The SMILES string of the molecule is CCCCC(C)C(C)(OOC(C)(C)C)OOC(C)(C)C. The van der Waals surface area contributed by atoms with Gasteiger partial charge in [-0.3, -0.25) is 0 Å². The van der Waals surface area contributed by atoms with Gasteiger partial charge in [0.05, 0.1) is 11.2 Å². The summed E-state index contributed by atoms with van der Waals surface area (Å²) in [6.07, 6.45) is 3.25. The van der Waals surface area contributed by atoms with E-state index in [0.29, 0.717) is 0 Å². The second-order valence-corrected chi connectivity index (χ2v) is 7.62. The van der Waals surface area contributed by atoms with Gasteiger partial charge < -0.3 is 0 Å². The van der Waals surface area contributed by atoms with Crippen LogP contribution in [0.25, 0.3) is 0 Å². The second-order valence-electron chi connectivity index (χ2n) is 7.62. The van der Waals surface area contributed by atoms with E-state index < -0.39 is 17.0 Å². The van der Waals surface area contributed by atoms with E-state index in [2.05, 4.69) is 13.8 Å². The third-order valence-electron chi connectivity index (χ3n) is 2.80. The minimum absolute atomic E-state index is 0.159. The van der Waals surface area contributed by atoms with Gasteiger partial charge in [-0.15, -0.1) is 0 Å². The van der Waals surface area contributed by atoms with Crippen LogP contribution in [0, 0.1) is 5.92 Å². The number of hydrogen-bond donors (Lipinski definition) is 0. The Morgan fingerprint density at radius 3 is 1.45 bits per heavy atom. The van der Waals surface area contributed by atoms with Crippen molar-refractivity contribution in [3.05, 3.63) is 0 Å². The lowest BCUT2D eigenvalue weighted by Gasteiger charge is -2.36. The summed E-state index contributed by atoms with van der Waals surface area (Å²) >= 11 is 0. The van der Waals surface area contributed by atoms with E-state index >= 15 is 0 Å². The third-order valence-corrected chi connectivity index (χ3v) is 2.80. The molecular weight excluding hydrogens is 256 g/mol. The van der Waals surface area contributed by atoms with Crippen LogP contribution in [0.5, 0.6) is 0 Å². The number of unbranched alkanes of at least 4 members (excludes halogenated alkanes) is 1. The molecule has 0 saturated carbocycles. The fourth-order valence-corrected chi connectivity index (χ4v) is 1.37. The maximum atomic E-state index is 5.60. The summed E-state index contributed by atoms with van der Waals surface area (Å²) in [4.78, 5) is 22.1. The Bertz CT molecular complexity index is 245. The highest BCUT2D eigenvalue weighted by molar-refractivity contribution is 4.70. The van der Waals surface area contributed by atoms with Crippen LogP contribution in [-0.4, -0.2) is 17.0 Å². The summed E-state index contributed by atoms with van der Waals surface area (Å²) < 4.78 is 0. The molecule has 4 heteroatoms. The fraction of sp³-hybridized carbons (Fsp3) is 1.00. The van der Waals surface area contributed by atoms with Crippen molar-refractivity contribution in [2.75, 3.05) is 0 Å². The minimum Gasteiger partial charge on any atom is -0.228 e. The molecule has 0 fully saturated rings. The van der Waals surface area contributed by atoms with Crippen molar-refractivity contribution in [2.24, 2.45) is 5.92 Å². The molecule has 122 valence electrons. The highest BCUT2D eigenvalue weighted by Crippen LogP contribution is 2.31. The summed E-state index contributed by atoms with van der Waals surface area (Å²) in [6, 6.07) is 0. The van der Waals surface area contributed by atoms with E-state index in [1.165, 1.54) is 0 Å². The number of hydrogen-bond acceptors (Lipinski definition) is 4. The second kappa shape index (κ2) is 7.74. The van der Waals surface area contributed by atoms with Crippen molar-refractivity contribution in [1.82, 2.24) is 0 Å². The highest BCUT2D eigenvalue weighted by atomic mass is 17.3. The summed E-state index contributed by atoms with van der Waals surface area (Å²) in [5.74, 6) is -0.762. The average Bonchev–Trinajstić information content (AvgIpc) is 2.29. The lowest BCUT2D eigenvalue weighted by atomic mass is 9.96. The predicted octanol–water partition coefficient (Wildman–Crippen LogP) is 5.02. The first kappa shape index (κ1) is 19.8. The van der Waals surface area contributed by atoms with Gasteiger partial charge in [0.15, 0.2) is 0 Å². The Balaban J connectivity index is 4.73. The maximum absolute atomic E-state index is 5.60. The van der Waals surface area contributed by atoms with Crippen molar-refractivity contribution >= 4 is 0 Å². The van der Waals surface area contributed by atoms with Crippen LogP contribution >= 0.6 is 0 Å². The van der Waals surface area contributed by atoms with Crippen molar-refractivity contribution in [2.45, 2.75) is 98.6 Å². The molecule has 0 aromatic carbocycles. The summed E-state index contributed by atoms with van der Waals surface area (Å²) in [5.41, 5.74) is -0.784. The average molecular weight is 290 g/mol. The van der Waals surface area contributed by atoms with Gasteiger partial charge in [0, 0.05) is 5.92 Å². The largest absolute Gasteiger partial charge is 0.233 e. The molecule has 1 unspecified atom stereocenters. The molecule has 0 aliphatic rings. The Morgan fingerprint density at radius 2 is 1.15 bits per heavy atom. The molecule has 0 saturated heterocycles. The predicted molar refractivity (Wildman–Crippen MR) is 80.9 cm³/mol. The topological polar surface area (TPSA) is 36.9 Å². The van der Waals surface area contributed by atoms with Gasteiger partial charge in [-0.25, -0.2) is 9.78 Å². The van der Waals surface area contributed by atoms with Crippen LogP contribution in [0.4, 0.5) is 0 Å². The fourth-order valence-electron chi connectivity index (χ4n) is 1.37. The Morgan fingerprint density at radius 1 is 0.750 bits per heavy atom. The molecule has 0 radical (unpaired) electrons. The van der Waals surface area contributed by atoms with E-state index in [9.17, 15) is 0 Å². The quantitative estimate of drug-likeness (QED) is 0.357. The summed E-state index contributed by atoms with van der Waals surface area (Å²) in [6.45, 7) is 17.8. The molecular formula is C16H34O4. The van der Waals surface area contributed by atoms with Crippen molar-refractivity contribution in [3.8, 4) is 0 Å². The standard InChI is InChI=1S/C16H34O4/c1-10-11-12-13(2)16(9,19-17-14(3,4)5)20-18-15(6,7)8/h13H,10-12H2,1-9H3. The molecule has 0 spiro atoms. The van der Waals surface area contributed by atoms with E-state index in [-0.39, 0.29) is 5.92 Å². The third kappa shape index (κ3) is 8.90. The van der Waals surface area contributed by atoms with Gasteiger partial charge in [-0.2, -0.15) is 9.78 Å². The van der Waals surface area contributed by atoms with Crippen LogP contribution in [-0.2, 0) is 19.6 Å². The van der Waals surface area contributed by atoms with E-state index in [4.69, 9.17) is 19.6 Å². The zero-order valence-corrected chi connectivity index (χ0v) is 14.8. The minimum atomic E-state index is -0.921.